The van der Waals surface area contributed by atoms with Crippen molar-refractivity contribution in [3.63, 3.8) is 0 Å². The van der Waals surface area contributed by atoms with E-state index in [1.807, 2.05) is 12.2 Å². The molecule has 1 saturated heterocycles. The Labute approximate surface area is 356 Å². The van der Waals surface area contributed by atoms with E-state index in [0.717, 1.165) is 32.1 Å². The molecule has 0 spiro atoms. The Bertz CT molecular complexity index is 2580. The number of rotatable bonds is 8. The first-order valence-electron chi connectivity index (χ1n) is 21.4. The molecule has 3 aliphatic carbocycles. The summed E-state index contributed by atoms with van der Waals surface area (Å²) in [6.45, 7) is 1.39. The standard InChI is InChI=1S/C44H48F2N6O9S/c1-43(19-20-43)62(57,58)51-41(55)44-23-26(44)9-5-3-2-4-6-12-32(47-42(56)60-29-10-7-8-11-29)40(54)52-24-30(22-33(52)38(53)50-44)59-39-36-35(31-21-28(46)17-18-34(31)61-36)48-37(49-39)25-13-15-27(45)16-14-25/h5,9,13-18,21,26,29-30,32-33H,2-4,6-8,10-12,19-20,22-24H2,1H3,(H,47,56)(H,50,53)(H,51,55)/b9-5-/t26-,30+,32-,33-,44+/m0/s1. The highest BCUT2D eigenvalue weighted by Crippen LogP contribution is 2.48. The maximum atomic E-state index is 14.8. The number of amides is 4. The molecule has 0 bridgehead atoms. The number of sulfonamides is 1. The molecule has 4 fully saturated rings. The number of allylic oxidation sites excluding steroid dienone is 1. The van der Waals surface area contributed by atoms with Crippen molar-refractivity contribution in [2.75, 3.05) is 6.54 Å². The number of nitrogens with zero attached hydrogens (tertiary/aromatic N) is 3. The van der Waals surface area contributed by atoms with Crippen LogP contribution in [-0.2, 0) is 29.1 Å². The number of nitrogens with one attached hydrogen (secondary N) is 3. The third kappa shape index (κ3) is 8.20. The summed E-state index contributed by atoms with van der Waals surface area (Å²) in [4.78, 5) is 67.2. The quantitative estimate of drug-likeness (QED) is 0.173. The van der Waals surface area contributed by atoms with E-state index in [9.17, 15) is 36.4 Å². The fourth-order valence-corrected chi connectivity index (χ4v) is 10.1. The van der Waals surface area contributed by atoms with Crippen LogP contribution in [0.15, 0.2) is 59.0 Å². The van der Waals surface area contributed by atoms with Gasteiger partial charge in [0.05, 0.1) is 11.3 Å². The SMILES string of the molecule is CC1(S(=O)(=O)NC(=O)[C@@]23C[C@@H]2/C=C\CCCCC[C@H](NC(=O)OC2CCCC2)C(=O)N2C[C@H](Oc4nc(-c5ccc(F)cc5)nc5c4oc4ccc(F)cc45)C[C@H]2C(=O)N3)CC1. The summed E-state index contributed by atoms with van der Waals surface area (Å²) in [5.74, 6) is -3.63. The number of alkyl carbamates (subject to hydrolysis) is 1. The maximum absolute atomic E-state index is 14.8. The van der Waals surface area contributed by atoms with Crippen LogP contribution in [-0.4, -0.2) is 88.2 Å². The average molecular weight is 875 g/mol. The molecule has 2 aromatic heterocycles. The Morgan fingerprint density at radius 1 is 0.952 bits per heavy atom. The van der Waals surface area contributed by atoms with Gasteiger partial charge in [0.1, 0.15) is 52.6 Å². The van der Waals surface area contributed by atoms with Gasteiger partial charge in [-0.2, -0.15) is 4.98 Å². The number of carbonyl (C=O) groups is 4. The van der Waals surface area contributed by atoms with Crippen molar-refractivity contribution >= 4 is 55.9 Å². The summed E-state index contributed by atoms with van der Waals surface area (Å²) < 4.78 is 74.5. The molecule has 0 unspecified atom stereocenters. The lowest BCUT2D eigenvalue weighted by atomic mass is 10.0. The molecule has 328 valence electrons. The molecular weight excluding hydrogens is 827 g/mol. The third-order valence-corrected chi connectivity index (χ3v) is 15.1. The molecule has 4 heterocycles. The van der Waals surface area contributed by atoms with Gasteiger partial charge in [-0.3, -0.25) is 19.1 Å². The Kier molecular flexibility index (Phi) is 10.9. The molecule has 9 rings (SSSR count). The fourth-order valence-electron chi connectivity index (χ4n) is 8.84. The summed E-state index contributed by atoms with van der Waals surface area (Å²) in [5, 5.41) is 5.97. The number of fused-ring (bicyclic) bond motifs is 5. The fraction of sp³-hybridized carbons (Fsp3) is 0.500. The molecule has 4 aromatic rings. The van der Waals surface area contributed by atoms with Crippen molar-refractivity contribution in [1.82, 2.24) is 30.2 Å². The molecule has 2 aromatic carbocycles. The van der Waals surface area contributed by atoms with Crippen LogP contribution in [0.5, 0.6) is 5.88 Å². The van der Waals surface area contributed by atoms with E-state index < -0.39 is 79.9 Å². The molecule has 62 heavy (non-hydrogen) atoms. The number of ether oxygens (including phenoxy) is 2. The molecule has 18 heteroatoms. The predicted octanol–water partition coefficient (Wildman–Crippen LogP) is 6.10. The van der Waals surface area contributed by atoms with Gasteiger partial charge in [-0.05, 0) is 114 Å². The van der Waals surface area contributed by atoms with E-state index in [4.69, 9.17) is 13.9 Å². The molecule has 3 saturated carbocycles. The first-order chi connectivity index (χ1) is 29.7. The van der Waals surface area contributed by atoms with Crippen LogP contribution in [0.3, 0.4) is 0 Å². The van der Waals surface area contributed by atoms with E-state index in [1.54, 1.807) is 6.92 Å². The summed E-state index contributed by atoms with van der Waals surface area (Å²) in [6.07, 6.45) is 8.91. The van der Waals surface area contributed by atoms with Gasteiger partial charge >= 0.3 is 6.09 Å². The first-order valence-corrected chi connectivity index (χ1v) is 22.9. The van der Waals surface area contributed by atoms with Crippen molar-refractivity contribution in [2.24, 2.45) is 5.92 Å². The molecule has 15 nitrogen and oxygen atoms in total. The van der Waals surface area contributed by atoms with Crippen molar-refractivity contribution in [1.29, 1.82) is 0 Å². The number of hydrogen-bond donors (Lipinski definition) is 3. The second-order valence-electron chi connectivity index (χ2n) is 17.5. The maximum Gasteiger partial charge on any atom is 0.408 e. The zero-order valence-corrected chi connectivity index (χ0v) is 35.0. The van der Waals surface area contributed by atoms with E-state index in [0.29, 0.717) is 43.1 Å². The van der Waals surface area contributed by atoms with Crippen LogP contribution >= 0.6 is 0 Å². The Morgan fingerprint density at radius 2 is 1.69 bits per heavy atom. The number of halogens is 2. The van der Waals surface area contributed by atoms with Crippen LogP contribution < -0.4 is 20.1 Å². The molecule has 5 aliphatic rings. The van der Waals surface area contributed by atoms with Gasteiger partial charge in [0.25, 0.3) is 11.8 Å². The zero-order valence-electron chi connectivity index (χ0n) is 34.2. The Morgan fingerprint density at radius 3 is 2.45 bits per heavy atom. The minimum atomic E-state index is -4.06. The summed E-state index contributed by atoms with van der Waals surface area (Å²) in [5.41, 5.74) is -0.607. The molecule has 3 N–H and O–H groups in total. The first kappa shape index (κ1) is 41.7. The topological polar surface area (TPSA) is 199 Å². The van der Waals surface area contributed by atoms with Crippen LogP contribution in [0.2, 0.25) is 0 Å². The van der Waals surface area contributed by atoms with Crippen LogP contribution in [0, 0.1) is 17.6 Å². The minimum absolute atomic E-state index is 0.0692. The summed E-state index contributed by atoms with van der Waals surface area (Å²) >= 11 is 0. The lowest BCUT2D eigenvalue weighted by Gasteiger charge is -2.30. The van der Waals surface area contributed by atoms with Crippen molar-refractivity contribution < 1.29 is 50.3 Å². The Hall–Kier alpha value is -5.65. The van der Waals surface area contributed by atoms with Gasteiger partial charge in [-0.1, -0.05) is 25.0 Å². The van der Waals surface area contributed by atoms with Crippen molar-refractivity contribution in [2.45, 2.75) is 125 Å². The normalized spacial score (nSPS) is 27.0. The van der Waals surface area contributed by atoms with Crippen molar-refractivity contribution in [3.8, 4) is 17.3 Å². The average Bonchev–Trinajstić information content (AvgIpc) is 3.91. The number of furan rings is 1. The zero-order chi connectivity index (χ0) is 43.4. The number of hydrogen-bond acceptors (Lipinski definition) is 11. The van der Waals surface area contributed by atoms with E-state index >= 15 is 0 Å². The minimum Gasteiger partial charge on any atom is -0.470 e. The van der Waals surface area contributed by atoms with Crippen molar-refractivity contribution in [3.05, 3.63) is 66.3 Å². The predicted molar refractivity (Wildman–Crippen MR) is 221 cm³/mol. The molecular formula is C44H48F2N6O9S. The highest BCUT2D eigenvalue weighted by atomic mass is 32.2. The molecule has 5 atom stereocenters. The van der Waals surface area contributed by atoms with Crippen LogP contribution in [0.25, 0.3) is 33.5 Å². The number of benzene rings is 2. The smallest absolute Gasteiger partial charge is 0.408 e. The van der Waals surface area contributed by atoms with Gasteiger partial charge in [0.15, 0.2) is 5.82 Å². The molecule has 2 aliphatic heterocycles. The lowest BCUT2D eigenvalue weighted by molar-refractivity contribution is -0.141. The van der Waals surface area contributed by atoms with E-state index in [1.165, 1.54) is 47.4 Å². The third-order valence-electron chi connectivity index (χ3n) is 13.0. The van der Waals surface area contributed by atoms with Gasteiger partial charge in [0, 0.05) is 23.3 Å². The monoisotopic (exact) mass is 874 g/mol. The summed E-state index contributed by atoms with van der Waals surface area (Å²) in [6, 6.07) is 7.05. The highest BCUT2D eigenvalue weighted by Gasteiger charge is 2.63. The lowest BCUT2D eigenvalue weighted by Crippen LogP contribution is -2.58. The van der Waals surface area contributed by atoms with E-state index in [-0.39, 0.29) is 60.3 Å². The number of carbonyl (C=O) groups excluding carboxylic acids is 4. The van der Waals surface area contributed by atoms with Gasteiger partial charge in [-0.15, -0.1) is 0 Å². The van der Waals surface area contributed by atoms with E-state index in [2.05, 4.69) is 25.3 Å². The Balaban J connectivity index is 1.06. The van der Waals surface area contributed by atoms with Gasteiger partial charge < -0.3 is 29.4 Å². The van der Waals surface area contributed by atoms with Gasteiger partial charge in [0.2, 0.25) is 27.4 Å². The van der Waals surface area contributed by atoms with Gasteiger partial charge in [-0.25, -0.2) is 27.0 Å². The molecule has 0 radical (unpaired) electrons. The second-order valence-corrected chi connectivity index (χ2v) is 19.7. The summed E-state index contributed by atoms with van der Waals surface area (Å²) in [7, 11) is -4.06. The number of aromatic nitrogens is 2. The largest absolute Gasteiger partial charge is 0.470 e. The molecule has 4 amide bonds. The second kappa shape index (κ2) is 16.2. The van der Waals surface area contributed by atoms with Crippen LogP contribution in [0.4, 0.5) is 13.6 Å². The van der Waals surface area contributed by atoms with Crippen LogP contribution in [0.1, 0.15) is 90.4 Å². The highest BCUT2D eigenvalue weighted by molar-refractivity contribution is 7.91.